The van der Waals surface area contributed by atoms with E-state index in [9.17, 15) is 0 Å². The highest BCUT2D eigenvalue weighted by Gasteiger charge is 2.12. The molecule has 0 saturated heterocycles. The Bertz CT molecular complexity index is 510. The van der Waals surface area contributed by atoms with Crippen LogP contribution in [0.15, 0.2) is 28.8 Å². The molecule has 0 aliphatic carbocycles. The molecule has 1 unspecified atom stereocenters. The standard InChI is InChI=1S/C13H17N3O2/c1-9(8-17-3)14-12-7-5-4-6-11(12)13-15-10(2)16-18-13/h4-7,9,14H,8H2,1-3H3. The number of nitrogens with one attached hydrogen (secondary N) is 1. The van der Waals surface area contributed by atoms with Crippen molar-refractivity contribution in [1.82, 2.24) is 10.1 Å². The van der Waals surface area contributed by atoms with Crippen LogP contribution in [0.1, 0.15) is 12.7 Å². The maximum absolute atomic E-state index is 5.20. The van der Waals surface area contributed by atoms with Crippen LogP contribution in [0.25, 0.3) is 11.5 Å². The molecule has 5 nitrogen and oxygen atoms in total. The predicted molar refractivity (Wildman–Crippen MR) is 69.4 cm³/mol. The first kappa shape index (κ1) is 12.6. The molecular formula is C13H17N3O2. The fraction of sp³-hybridized carbons (Fsp3) is 0.385. The van der Waals surface area contributed by atoms with E-state index in [1.165, 1.54) is 0 Å². The van der Waals surface area contributed by atoms with Crippen molar-refractivity contribution in [2.24, 2.45) is 0 Å². The van der Waals surface area contributed by atoms with Gasteiger partial charge in [0.1, 0.15) is 0 Å². The van der Waals surface area contributed by atoms with E-state index in [0.29, 0.717) is 18.3 Å². The van der Waals surface area contributed by atoms with Crippen molar-refractivity contribution in [1.29, 1.82) is 0 Å². The Balaban J connectivity index is 2.25. The van der Waals surface area contributed by atoms with Crippen LogP contribution in [0, 0.1) is 6.92 Å². The molecule has 0 aliphatic heterocycles. The van der Waals surface area contributed by atoms with Gasteiger partial charge in [0.15, 0.2) is 5.82 Å². The van der Waals surface area contributed by atoms with Crippen molar-refractivity contribution in [2.75, 3.05) is 19.0 Å². The number of hydrogen-bond acceptors (Lipinski definition) is 5. The molecule has 96 valence electrons. The largest absolute Gasteiger partial charge is 0.383 e. The number of methoxy groups -OCH3 is 1. The Hall–Kier alpha value is -1.88. The highest BCUT2D eigenvalue weighted by molar-refractivity contribution is 5.72. The lowest BCUT2D eigenvalue weighted by Gasteiger charge is -2.15. The SMILES string of the molecule is COCC(C)Nc1ccccc1-c1nc(C)no1. The van der Waals surface area contributed by atoms with Gasteiger partial charge in [0.05, 0.1) is 12.2 Å². The van der Waals surface area contributed by atoms with Crippen LogP contribution in [0.2, 0.25) is 0 Å². The number of anilines is 1. The Labute approximate surface area is 106 Å². The second-order valence-electron chi connectivity index (χ2n) is 4.19. The monoisotopic (exact) mass is 247 g/mol. The van der Waals surface area contributed by atoms with Gasteiger partial charge in [-0.05, 0) is 26.0 Å². The Morgan fingerprint density at radius 2 is 2.17 bits per heavy atom. The van der Waals surface area contributed by atoms with Gasteiger partial charge in [-0.3, -0.25) is 0 Å². The van der Waals surface area contributed by atoms with Crippen molar-refractivity contribution in [3.63, 3.8) is 0 Å². The van der Waals surface area contributed by atoms with Crippen molar-refractivity contribution in [3.05, 3.63) is 30.1 Å². The maximum Gasteiger partial charge on any atom is 0.260 e. The summed E-state index contributed by atoms with van der Waals surface area (Å²) in [6.45, 7) is 4.49. The van der Waals surface area contributed by atoms with Gasteiger partial charge in [-0.25, -0.2) is 0 Å². The van der Waals surface area contributed by atoms with Crippen LogP contribution < -0.4 is 5.32 Å². The molecule has 2 rings (SSSR count). The molecule has 2 aromatic rings. The van der Waals surface area contributed by atoms with Crippen LogP contribution in [-0.2, 0) is 4.74 Å². The van der Waals surface area contributed by atoms with Gasteiger partial charge in [0.25, 0.3) is 5.89 Å². The van der Waals surface area contributed by atoms with Gasteiger partial charge in [-0.1, -0.05) is 17.3 Å². The van der Waals surface area contributed by atoms with E-state index >= 15 is 0 Å². The van der Waals surface area contributed by atoms with Crippen molar-refractivity contribution >= 4 is 5.69 Å². The lowest BCUT2D eigenvalue weighted by atomic mass is 10.1. The summed E-state index contributed by atoms with van der Waals surface area (Å²) in [5, 5.41) is 7.18. The first-order valence-corrected chi connectivity index (χ1v) is 5.86. The molecule has 1 heterocycles. The minimum atomic E-state index is 0.208. The third-order valence-corrected chi connectivity index (χ3v) is 2.50. The summed E-state index contributed by atoms with van der Waals surface area (Å²) in [6, 6.07) is 8.06. The normalized spacial score (nSPS) is 12.4. The zero-order chi connectivity index (χ0) is 13.0. The van der Waals surface area contributed by atoms with Gasteiger partial charge < -0.3 is 14.6 Å². The van der Waals surface area contributed by atoms with E-state index in [4.69, 9.17) is 9.26 Å². The van der Waals surface area contributed by atoms with Crippen LogP contribution in [0.4, 0.5) is 5.69 Å². The molecule has 5 heteroatoms. The lowest BCUT2D eigenvalue weighted by molar-refractivity contribution is 0.190. The van der Waals surface area contributed by atoms with E-state index in [1.807, 2.05) is 24.3 Å². The quantitative estimate of drug-likeness (QED) is 0.879. The van der Waals surface area contributed by atoms with Crippen molar-refractivity contribution in [3.8, 4) is 11.5 Å². The lowest BCUT2D eigenvalue weighted by Crippen LogP contribution is -2.21. The number of ether oxygens (including phenoxy) is 1. The summed E-state index contributed by atoms with van der Waals surface area (Å²) in [6.07, 6.45) is 0. The molecule has 0 radical (unpaired) electrons. The van der Waals surface area contributed by atoms with E-state index in [2.05, 4.69) is 22.4 Å². The third kappa shape index (κ3) is 2.87. The molecule has 18 heavy (non-hydrogen) atoms. The number of hydrogen-bond donors (Lipinski definition) is 1. The van der Waals surface area contributed by atoms with Gasteiger partial charge >= 0.3 is 0 Å². The second kappa shape index (κ2) is 5.64. The molecular weight excluding hydrogens is 230 g/mol. The van der Waals surface area contributed by atoms with Gasteiger partial charge in [0.2, 0.25) is 0 Å². The average molecular weight is 247 g/mol. The molecule has 0 saturated carbocycles. The zero-order valence-electron chi connectivity index (χ0n) is 10.8. The first-order valence-electron chi connectivity index (χ1n) is 5.86. The first-order chi connectivity index (χ1) is 8.70. The van der Waals surface area contributed by atoms with E-state index in [-0.39, 0.29) is 6.04 Å². The second-order valence-corrected chi connectivity index (χ2v) is 4.19. The van der Waals surface area contributed by atoms with Crippen LogP contribution in [0.3, 0.4) is 0 Å². The summed E-state index contributed by atoms with van der Waals surface area (Å²) in [7, 11) is 1.69. The van der Waals surface area contributed by atoms with Crippen molar-refractivity contribution < 1.29 is 9.26 Å². The molecule has 0 aliphatic rings. The smallest absolute Gasteiger partial charge is 0.260 e. The highest BCUT2D eigenvalue weighted by atomic mass is 16.5. The fourth-order valence-corrected chi connectivity index (χ4v) is 1.76. The van der Waals surface area contributed by atoms with Gasteiger partial charge in [0, 0.05) is 18.8 Å². The average Bonchev–Trinajstić information content (AvgIpc) is 2.77. The number of benzene rings is 1. The number of para-hydroxylation sites is 1. The summed E-state index contributed by atoms with van der Waals surface area (Å²) in [5.74, 6) is 1.16. The number of rotatable bonds is 5. The van der Waals surface area contributed by atoms with Gasteiger partial charge in [-0.15, -0.1) is 0 Å². The number of aromatic nitrogens is 2. The highest BCUT2D eigenvalue weighted by Crippen LogP contribution is 2.26. The minimum Gasteiger partial charge on any atom is -0.383 e. The maximum atomic E-state index is 5.20. The molecule has 0 bridgehead atoms. The zero-order valence-corrected chi connectivity index (χ0v) is 10.8. The summed E-state index contributed by atoms with van der Waals surface area (Å²) in [4.78, 5) is 4.25. The van der Waals surface area contributed by atoms with E-state index in [0.717, 1.165) is 11.3 Å². The van der Waals surface area contributed by atoms with Crippen LogP contribution in [-0.4, -0.2) is 29.9 Å². The number of aryl methyl sites for hydroxylation is 1. The Morgan fingerprint density at radius 1 is 1.39 bits per heavy atom. The molecule has 1 aromatic carbocycles. The predicted octanol–water partition coefficient (Wildman–Crippen LogP) is 2.49. The molecule has 1 N–H and O–H groups in total. The third-order valence-electron chi connectivity index (χ3n) is 2.50. The van der Waals surface area contributed by atoms with Gasteiger partial charge in [-0.2, -0.15) is 4.98 Å². The number of nitrogens with zero attached hydrogens (tertiary/aromatic N) is 2. The summed E-state index contributed by atoms with van der Waals surface area (Å²) < 4.78 is 10.3. The van der Waals surface area contributed by atoms with E-state index < -0.39 is 0 Å². The Morgan fingerprint density at radius 3 is 2.83 bits per heavy atom. The molecule has 1 atom stereocenters. The minimum absolute atomic E-state index is 0.208. The topological polar surface area (TPSA) is 60.2 Å². The molecule has 1 aromatic heterocycles. The molecule has 0 amide bonds. The van der Waals surface area contributed by atoms with Crippen LogP contribution >= 0.6 is 0 Å². The van der Waals surface area contributed by atoms with E-state index in [1.54, 1.807) is 14.0 Å². The van der Waals surface area contributed by atoms with Crippen LogP contribution in [0.5, 0.6) is 0 Å². The summed E-state index contributed by atoms with van der Waals surface area (Å²) >= 11 is 0. The molecule has 0 fully saturated rings. The molecule has 0 spiro atoms. The summed E-state index contributed by atoms with van der Waals surface area (Å²) in [5.41, 5.74) is 1.87. The Kier molecular flexibility index (Phi) is 3.94. The fourth-order valence-electron chi connectivity index (χ4n) is 1.76. The van der Waals surface area contributed by atoms with Crippen molar-refractivity contribution in [2.45, 2.75) is 19.9 Å².